The molecule has 24 heavy (non-hydrogen) atoms. The number of hydrogen-bond acceptors (Lipinski definition) is 2. The molecule has 1 aliphatic carbocycles. The van der Waals surface area contributed by atoms with Gasteiger partial charge in [-0.05, 0) is 49.6 Å². The Bertz CT molecular complexity index is 891. The topological polar surface area (TPSA) is 46.4 Å². The number of benzene rings is 1. The van der Waals surface area contributed by atoms with Gasteiger partial charge in [0.05, 0.1) is 5.69 Å². The van der Waals surface area contributed by atoms with Crippen molar-refractivity contribution < 1.29 is 4.79 Å². The van der Waals surface area contributed by atoms with Gasteiger partial charge in [0.2, 0.25) is 5.91 Å². The van der Waals surface area contributed by atoms with Crippen LogP contribution in [0.15, 0.2) is 48.8 Å². The zero-order valence-electron chi connectivity index (χ0n) is 13.8. The lowest BCUT2D eigenvalue weighted by Crippen LogP contribution is -2.20. The van der Waals surface area contributed by atoms with Gasteiger partial charge in [-0.3, -0.25) is 4.79 Å². The molecule has 0 aliphatic heterocycles. The number of nitrogens with zero attached hydrogens (tertiary/aromatic N) is 2. The van der Waals surface area contributed by atoms with E-state index in [2.05, 4.69) is 24.4 Å². The minimum Gasteiger partial charge on any atom is -0.326 e. The van der Waals surface area contributed by atoms with Gasteiger partial charge in [-0.25, -0.2) is 4.98 Å². The van der Waals surface area contributed by atoms with Crippen LogP contribution in [0.2, 0.25) is 0 Å². The highest BCUT2D eigenvalue weighted by molar-refractivity contribution is 5.93. The molecule has 0 bridgehead atoms. The number of anilines is 1. The van der Waals surface area contributed by atoms with Gasteiger partial charge in [0.15, 0.2) is 0 Å². The van der Waals surface area contributed by atoms with Crippen molar-refractivity contribution in [1.29, 1.82) is 0 Å². The van der Waals surface area contributed by atoms with Crippen molar-refractivity contribution in [1.82, 2.24) is 9.38 Å². The van der Waals surface area contributed by atoms with E-state index in [1.54, 1.807) is 0 Å². The third kappa shape index (κ3) is 2.92. The average molecular weight is 319 g/mol. The van der Waals surface area contributed by atoms with Gasteiger partial charge in [0.1, 0.15) is 5.65 Å². The van der Waals surface area contributed by atoms with Gasteiger partial charge in [0, 0.05) is 29.6 Å². The summed E-state index contributed by atoms with van der Waals surface area (Å²) < 4.78 is 2.02. The van der Waals surface area contributed by atoms with Crippen LogP contribution in [-0.4, -0.2) is 15.3 Å². The van der Waals surface area contributed by atoms with Crippen LogP contribution in [0.1, 0.15) is 31.2 Å². The van der Waals surface area contributed by atoms with E-state index in [1.165, 1.54) is 18.4 Å². The minimum atomic E-state index is 0.148. The van der Waals surface area contributed by atoms with Gasteiger partial charge in [-0.2, -0.15) is 0 Å². The molecule has 0 spiro atoms. The summed E-state index contributed by atoms with van der Waals surface area (Å²) >= 11 is 0. The number of rotatable bonds is 3. The number of carbonyl (C=O) groups is 1. The summed E-state index contributed by atoms with van der Waals surface area (Å²) in [6.07, 6.45) is 8.39. The average Bonchev–Trinajstić information content (AvgIpc) is 3.24. The Morgan fingerprint density at radius 1 is 1.21 bits per heavy atom. The van der Waals surface area contributed by atoms with Crippen molar-refractivity contribution in [3.05, 3.63) is 54.4 Å². The zero-order chi connectivity index (χ0) is 16.5. The summed E-state index contributed by atoms with van der Waals surface area (Å²) in [6.45, 7) is 2.06. The van der Waals surface area contributed by atoms with Crippen molar-refractivity contribution in [2.75, 3.05) is 5.32 Å². The van der Waals surface area contributed by atoms with Crippen LogP contribution in [0.4, 0.5) is 5.69 Å². The van der Waals surface area contributed by atoms with Gasteiger partial charge in [0.25, 0.3) is 0 Å². The highest BCUT2D eigenvalue weighted by Gasteiger charge is 2.22. The molecule has 1 fully saturated rings. The van der Waals surface area contributed by atoms with Crippen molar-refractivity contribution >= 4 is 17.2 Å². The van der Waals surface area contributed by atoms with Crippen molar-refractivity contribution in [2.45, 2.75) is 32.6 Å². The van der Waals surface area contributed by atoms with E-state index in [1.807, 2.05) is 41.1 Å². The second kappa shape index (κ2) is 6.11. The predicted molar refractivity (Wildman–Crippen MR) is 96.0 cm³/mol. The van der Waals surface area contributed by atoms with E-state index >= 15 is 0 Å². The Morgan fingerprint density at radius 2 is 2.04 bits per heavy atom. The normalized spacial score (nSPS) is 15.0. The first-order chi connectivity index (χ1) is 11.7. The quantitative estimate of drug-likeness (QED) is 0.776. The summed E-state index contributed by atoms with van der Waals surface area (Å²) in [7, 11) is 0. The van der Waals surface area contributed by atoms with Crippen molar-refractivity contribution in [3.8, 4) is 11.3 Å². The molecular formula is C20H21N3O. The third-order valence-corrected chi connectivity index (χ3v) is 4.77. The van der Waals surface area contributed by atoms with Gasteiger partial charge >= 0.3 is 0 Å². The van der Waals surface area contributed by atoms with Crippen molar-refractivity contribution in [2.24, 2.45) is 5.92 Å². The number of aryl methyl sites for hydroxylation is 1. The molecule has 122 valence electrons. The molecule has 1 amide bonds. The first-order valence-electron chi connectivity index (χ1n) is 8.56. The molecule has 3 aromatic rings. The number of aromatic nitrogens is 2. The van der Waals surface area contributed by atoms with Gasteiger partial charge < -0.3 is 9.72 Å². The van der Waals surface area contributed by atoms with Gasteiger partial charge in [-0.1, -0.05) is 25.0 Å². The number of nitrogens with one attached hydrogen (secondary N) is 1. The molecule has 0 atom stereocenters. The Kier molecular flexibility index (Phi) is 3.81. The molecule has 4 heteroatoms. The number of hydrogen-bond donors (Lipinski definition) is 1. The third-order valence-electron chi connectivity index (χ3n) is 4.77. The van der Waals surface area contributed by atoms with E-state index in [0.29, 0.717) is 0 Å². The Hall–Kier alpha value is -2.62. The standard InChI is InChI=1S/C20H21N3O/c1-14-9-10-23-13-18(22-19(23)11-14)16-7-4-8-17(12-16)21-20(24)15-5-2-3-6-15/h4,7-13,15H,2-3,5-6H2,1H3,(H,21,24). The molecule has 4 nitrogen and oxygen atoms in total. The number of pyridine rings is 1. The maximum absolute atomic E-state index is 12.3. The Morgan fingerprint density at radius 3 is 2.88 bits per heavy atom. The first-order valence-corrected chi connectivity index (χ1v) is 8.56. The van der Waals surface area contributed by atoms with E-state index in [9.17, 15) is 4.79 Å². The van der Waals surface area contributed by atoms with Crippen LogP contribution >= 0.6 is 0 Å². The van der Waals surface area contributed by atoms with E-state index < -0.39 is 0 Å². The minimum absolute atomic E-state index is 0.148. The molecule has 0 unspecified atom stereocenters. The van der Waals surface area contributed by atoms with Crippen LogP contribution in [0, 0.1) is 12.8 Å². The molecule has 2 aromatic heterocycles. The molecule has 2 heterocycles. The monoisotopic (exact) mass is 319 g/mol. The van der Waals surface area contributed by atoms with Crippen LogP contribution in [0.25, 0.3) is 16.9 Å². The smallest absolute Gasteiger partial charge is 0.227 e. The Labute approximate surface area is 141 Å². The lowest BCUT2D eigenvalue weighted by molar-refractivity contribution is -0.119. The number of fused-ring (bicyclic) bond motifs is 1. The van der Waals surface area contributed by atoms with Crippen LogP contribution in [0.3, 0.4) is 0 Å². The molecule has 1 saturated carbocycles. The summed E-state index contributed by atoms with van der Waals surface area (Å²) in [5.41, 5.74) is 4.90. The second-order valence-electron chi connectivity index (χ2n) is 6.65. The largest absolute Gasteiger partial charge is 0.326 e. The fourth-order valence-corrected chi connectivity index (χ4v) is 3.41. The SMILES string of the molecule is Cc1ccn2cc(-c3cccc(NC(=O)C4CCCC4)c3)nc2c1. The lowest BCUT2D eigenvalue weighted by Gasteiger charge is -2.11. The number of imidazole rings is 1. The first kappa shape index (κ1) is 14.9. The highest BCUT2D eigenvalue weighted by Crippen LogP contribution is 2.27. The molecule has 0 saturated heterocycles. The van der Waals surface area contributed by atoms with Crippen LogP contribution in [0.5, 0.6) is 0 Å². The molecular weight excluding hydrogens is 298 g/mol. The van der Waals surface area contributed by atoms with Crippen molar-refractivity contribution in [3.63, 3.8) is 0 Å². The molecule has 1 N–H and O–H groups in total. The summed E-state index contributed by atoms with van der Waals surface area (Å²) in [6, 6.07) is 12.1. The number of carbonyl (C=O) groups excluding carboxylic acids is 1. The van der Waals surface area contributed by atoms with E-state index in [-0.39, 0.29) is 11.8 Å². The summed E-state index contributed by atoms with van der Waals surface area (Å²) in [5, 5.41) is 3.06. The molecule has 0 radical (unpaired) electrons. The Balaban J connectivity index is 1.60. The molecule has 4 rings (SSSR count). The number of amides is 1. The summed E-state index contributed by atoms with van der Waals surface area (Å²) in [4.78, 5) is 17.0. The molecule has 1 aromatic carbocycles. The van der Waals surface area contributed by atoms with Crippen LogP contribution < -0.4 is 5.32 Å². The van der Waals surface area contributed by atoms with Gasteiger partial charge in [-0.15, -0.1) is 0 Å². The highest BCUT2D eigenvalue weighted by atomic mass is 16.1. The fourth-order valence-electron chi connectivity index (χ4n) is 3.41. The van der Waals surface area contributed by atoms with E-state index in [0.717, 1.165) is 35.4 Å². The fraction of sp³-hybridized carbons (Fsp3) is 0.300. The summed E-state index contributed by atoms with van der Waals surface area (Å²) in [5.74, 6) is 0.321. The predicted octanol–water partition coefficient (Wildman–Crippen LogP) is 4.44. The van der Waals surface area contributed by atoms with Crippen LogP contribution in [-0.2, 0) is 4.79 Å². The zero-order valence-corrected chi connectivity index (χ0v) is 13.8. The van der Waals surface area contributed by atoms with E-state index in [4.69, 9.17) is 4.98 Å². The second-order valence-corrected chi connectivity index (χ2v) is 6.65. The maximum Gasteiger partial charge on any atom is 0.227 e. The molecule has 1 aliphatic rings. The lowest BCUT2D eigenvalue weighted by atomic mass is 10.1. The maximum atomic E-state index is 12.3.